The summed E-state index contributed by atoms with van der Waals surface area (Å²) in [7, 11) is 1.36. The lowest BCUT2D eigenvalue weighted by molar-refractivity contribution is -0.134. The zero-order valence-corrected chi connectivity index (χ0v) is 11.6. The van der Waals surface area contributed by atoms with Crippen LogP contribution in [0.4, 0.5) is 0 Å². The van der Waals surface area contributed by atoms with Crippen LogP contribution >= 0.6 is 0 Å². The van der Waals surface area contributed by atoms with E-state index >= 15 is 0 Å². The van der Waals surface area contributed by atoms with E-state index in [1.54, 1.807) is 6.08 Å². The van der Waals surface area contributed by atoms with Crippen molar-refractivity contribution in [2.75, 3.05) is 13.7 Å². The van der Waals surface area contributed by atoms with Gasteiger partial charge in [-0.15, -0.1) is 0 Å². The lowest BCUT2D eigenvalue weighted by atomic mass is 10.0. The van der Waals surface area contributed by atoms with Crippen LogP contribution in [0.25, 0.3) is 0 Å². The molecule has 0 aliphatic heterocycles. The first kappa shape index (κ1) is 16.6. The number of hydrogen-bond donors (Lipinski definition) is 1. The minimum absolute atomic E-state index is 0.145. The van der Waals surface area contributed by atoms with Gasteiger partial charge in [0.15, 0.2) is 0 Å². The monoisotopic (exact) mass is 252 g/mol. The van der Waals surface area contributed by atoms with Gasteiger partial charge >= 0.3 is 5.97 Å². The lowest BCUT2D eigenvalue weighted by Gasteiger charge is -2.06. The minimum atomic E-state index is -0.336. The second-order valence-electron chi connectivity index (χ2n) is 4.44. The van der Waals surface area contributed by atoms with Gasteiger partial charge in [-0.3, -0.25) is 0 Å². The van der Waals surface area contributed by atoms with E-state index in [-0.39, 0.29) is 12.6 Å². The lowest BCUT2D eigenvalue weighted by Crippen LogP contribution is -1.93. The Balaban J connectivity index is 3.76. The van der Waals surface area contributed by atoms with Gasteiger partial charge in [0, 0.05) is 6.08 Å². The van der Waals surface area contributed by atoms with Gasteiger partial charge in [-0.05, 0) is 32.1 Å². The minimum Gasteiger partial charge on any atom is -0.466 e. The fraction of sp³-hybridized carbons (Fsp3) is 0.533. The zero-order chi connectivity index (χ0) is 13.8. The first-order chi connectivity index (χ1) is 8.60. The molecule has 0 unspecified atom stereocenters. The summed E-state index contributed by atoms with van der Waals surface area (Å²) in [5, 5.41) is 8.84. The van der Waals surface area contributed by atoms with E-state index in [0.29, 0.717) is 5.92 Å². The van der Waals surface area contributed by atoms with Crippen molar-refractivity contribution >= 4 is 5.97 Å². The molecule has 1 atom stereocenters. The molecule has 0 spiro atoms. The molecule has 3 nitrogen and oxygen atoms in total. The molecule has 0 aliphatic carbocycles. The molecule has 102 valence electrons. The standard InChI is InChI=1S/C15H24O3/c1-13(9-7-10-14(2)12-16)8-5-4-6-11-15(17)18-3/h4-6,10-11,13,16H,7-9,12H2,1-3H3/b5-4+,11-6+,14-10+/t13-/m1/s1. The van der Waals surface area contributed by atoms with Gasteiger partial charge in [-0.1, -0.05) is 36.8 Å². The maximum absolute atomic E-state index is 10.8. The maximum atomic E-state index is 10.8. The number of aliphatic hydroxyl groups excluding tert-OH is 1. The topological polar surface area (TPSA) is 46.5 Å². The quantitative estimate of drug-likeness (QED) is 0.312. The van der Waals surface area contributed by atoms with E-state index in [2.05, 4.69) is 17.7 Å². The second kappa shape index (κ2) is 10.8. The third-order valence-corrected chi connectivity index (χ3v) is 2.62. The van der Waals surface area contributed by atoms with Crippen LogP contribution in [-0.2, 0) is 9.53 Å². The van der Waals surface area contributed by atoms with Crippen LogP contribution in [0.15, 0.2) is 36.0 Å². The molecule has 0 aromatic carbocycles. The molecule has 0 bridgehead atoms. The van der Waals surface area contributed by atoms with Crippen LogP contribution in [0.3, 0.4) is 0 Å². The SMILES string of the molecule is COC(=O)/C=C/C=C/C[C@@H](C)CC/C=C(\C)CO. The Bertz CT molecular complexity index is 314. The average Bonchev–Trinajstić information content (AvgIpc) is 2.37. The van der Waals surface area contributed by atoms with Crippen LogP contribution < -0.4 is 0 Å². The van der Waals surface area contributed by atoms with E-state index in [9.17, 15) is 4.79 Å². The van der Waals surface area contributed by atoms with E-state index in [0.717, 1.165) is 24.8 Å². The average molecular weight is 252 g/mol. The van der Waals surface area contributed by atoms with E-state index < -0.39 is 0 Å². The van der Waals surface area contributed by atoms with Gasteiger partial charge in [0.2, 0.25) is 0 Å². The van der Waals surface area contributed by atoms with Crippen molar-refractivity contribution < 1.29 is 14.6 Å². The predicted octanol–water partition coefficient (Wildman–Crippen LogP) is 3.02. The van der Waals surface area contributed by atoms with Crippen LogP contribution in [-0.4, -0.2) is 24.8 Å². The van der Waals surface area contributed by atoms with Gasteiger partial charge in [0.1, 0.15) is 0 Å². The summed E-state index contributed by atoms with van der Waals surface area (Å²) in [6, 6.07) is 0. The first-order valence-corrected chi connectivity index (χ1v) is 6.27. The van der Waals surface area contributed by atoms with Crippen molar-refractivity contribution in [1.29, 1.82) is 0 Å². The van der Waals surface area contributed by atoms with Crippen molar-refractivity contribution in [1.82, 2.24) is 0 Å². The number of carbonyl (C=O) groups is 1. The smallest absolute Gasteiger partial charge is 0.330 e. The summed E-state index contributed by atoms with van der Waals surface area (Å²) in [6.45, 7) is 4.27. The van der Waals surface area contributed by atoms with Gasteiger partial charge < -0.3 is 9.84 Å². The normalized spacial score (nSPS) is 14.3. The number of ether oxygens (including phenoxy) is 1. The van der Waals surface area contributed by atoms with Crippen molar-refractivity contribution in [3.63, 3.8) is 0 Å². The second-order valence-corrected chi connectivity index (χ2v) is 4.44. The highest BCUT2D eigenvalue weighted by Gasteiger charge is 1.97. The Kier molecular flexibility index (Phi) is 9.97. The third kappa shape index (κ3) is 9.85. The highest BCUT2D eigenvalue weighted by atomic mass is 16.5. The molecule has 3 heteroatoms. The summed E-state index contributed by atoms with van der Waals surface area (Å²) in [6.07, 6.45) is 12.2. The summed E-state index contributed by atoms with van der Waals surface area (Å²) < 4.78 is 4.48. The van der Waals surface area contributed by atoms with Crippen molar-refractivity contribution in [3.8, 4) is 0 Å². The molecule has 0 aliphatic rings. The predicted molar refractivity (Wildman–Crippen MR) is 74.2 cm³/mol. The van der Waals surface area contributed by atoms with Crippen molar-refractivity contribution in [3.05, 3.63) is 36.0 Å². The van der Waals surface area contributed by atoms with Crippen LogP contribution in [0.2, 0.25) is 0 Å². The molecule has 0 fully saturated rings. The van der Waals surface area contributed by atoms with Crippen LogP contribution in [0, 0.1) is 5.92 Å². The van der Waals surface area contributed by atoms with E-state index in [1.807, 2.05) is 19.1 Å². The molecule has 0 heterocycles. The Hall–Kier alpha value is -1.35. The molecule has 18 heavy (non-hydrogen) atoms. The number of hydrogen-bond acceptors (Lipinski definition) is 3. The molecular formula is C15H24O3. The number of carbonyl (C=O) groups excluding carboxylic acids is 1. The number of methoxy groups -OCH3 is 1. The first-order valence-electron chi connectivity index (χ1n) is 6.27. The molecule has 0 radical (unpaired) electrons. The third-order valence-electron chi connectivity index (χ3n) is 2.62. The van der Waals surface area contributed by atoms with Gasteiger partial charge in [0.05, 0.1) is 13.7 Å². The van der Waals surface area contributed by atoms with Gasteiger partial charge in [-0.2, -0.15) is 0 Å². The fourth-order valence-electron chi connectivity index (χ4n) is 1.39. The maximum Gasteiger partial charge on any atom is 0.330 e. The molecule has 0 aromatic rings. The van der Waals surface area contributed by atoms with E-state index in [4.69, 9.17) is 5.11 Å². The van der Waals surface area contributed by atoms with Crippen LogP contribution in [0.5, 0.6) is 0 Å². The highest BCUT2D eigenvalue weighted by Crippen LogP contribution is 2.12. The Morgan fingerprint density at radius 2 is 2.11 bits per heavy atom. The molecule has 0 amide bonds. The van der Waals surface area contributed by atoms with Crippen molar-refractivity contribution in [2.45, 2.75) is 33.1 Å². The van der Waals surface area contributed by atoms with Gasteiger partial charge in [-0.25, -0.2) is 4.79 Å². The molecule has 0 saturated heterocycles. The zero-order valence-electron chi connectivity index (χ0n) is 11.6. The fourth-order valence-corrected chi connectivity index (χ4v) is 1.39. The highest BCUT2D eigenvalue weighted by molar-refractivity contribution is 5.82. The summed E-state index contributed by atoms with van der Waals surface area (Å²) in [4.78, 5) is 10.8. The largest absolute Gasteiger partial charge is 0.466 e. The summed E-state index contributed by atoms with van der Waals surface area (Å²) >= 11 is 0. The Labute approximate surface area is 110 Å². The molecule has 1 N–H and O–H groups in total. The van der Waals surface area contributed by atoms with Crippen LogP contribution in [0.1, 0.15) is 33.1 Å². The summed E-state index contributed by atoms with van der Waals surface area (Å²) in [5.41, 5.74) is 1.03. The number of rotatable bonds is 8. The summed E-state index contributed by atoms with van der Waals surface area (Å²) in [5.74, 6) is 0.257. The molecular weight excluding hydrogens is 228 g/mol. The molecule has 0 rings (SSSR count). The Morgan fingerprint density at radius 1 is 1.39 bits per heavy atom. The van der Waals surface area contributed by atoms with Gasteiger partial charge in [0.25, 0.3) is 0 Å². The van der Waals surface area contributed by atoms with Crippen molar-refractivity contribution in [2.24, 2.45) is 5.92 Å². The Morgan fingerprint density at radius 3 is 2.72 bits per heavy atom. The van der Waals surface area contributed by atoms with E-state index in [1.165, 1.54) is 13.2 Å². The number of esters is 1. The number of aliphatic hydroxyl groups is 1. The molecule has 0 aromatic heterocycles. The molecule has 0 saturated carbocycles. The number of allylic oxidation sites excluding steroid dienone is 4.